The summed E-state index contributed by atoms with van der Waals surface area (Å²) < 4.78 is 0. The topological polar surface area (TPSA) is 99.8 Å². The molecule has 8 heteroatoms. The number of nitrogens with one attached hydrogen (secondary N) is 3. The molecule has 3 aromatic heterocycles. The smallest absolute Gasteiger partial charge is 0.252 e. The minimum absolute atomic E-state index is 0.170. The first kappa shape index (κ1) is 15.2. The van der Waals surface area contributed by atoms with Gasteiger partial charge in [0.1, 0.15) is 0 Å². The minimum atomic E-state index is -0.182. The third-order valence-corrected chi connectivity index (χ3v) is 3.99. The van der Waals surface area contributed by atoms with Gasteiger partial charge in [0.15, 0.2) is 5.65 Å². The second-order valence-corrected chi connectivity index (χ2v) is 5.79. The lowest BCUT2D eigenvalue weighted by Crippen LogP contribution is -2.27. The average molecular weight is 329 g/mol. The zero-order valence-electron chi connectivity index (χ0n) is 12.4. The van der Waals surface area contributed by atoms with E-state index in [-0.39, 0.29) is 24.8 Å². The van der Waals surface area contributed by atoms with E-state index in [9.17, 15) is 9.59 Å². The van der Waals surface area contributed by atoms with Gasteiger partial charge in [-0.2, -0.15) is 16.4 Å². The summed E-state index contributed by atoms with van der Waals surface area (Å²) in [6.45, 7) is 2.17. The number of hydrogen-bond donors (Lipinski definition) is 3. The molecule has 23 heavy (non-hydrogen) atoms. The number of thiophene rings is 1. The fourth-order valence-corrected chi connectivity index (χ4v) is 2.73. The second kappa shape index (κ2) is 6.57. The van der Waals surface area contributed by atoms with E-state index in [0.717, 1.165) is 11.1 Å². The van der Waals surface area contributed by atoms with Crippen molar-refractivity contribution < 1.29 is 9.59 Å². The Bertz CT molecular complexity index is 841. The van der Waals surface area contributed by atoms with Crippen LogP contribution in [0.1, 0.15) is 22.5 Å². The fourth-order valence-electron chi connectivity index (χ4n) is 2.10. The van der Waals surface area contributed by atoms with Crippen molar-refractivity contribution in [3.05, 3.63) is 40.3 Å². The lowest BCUT2D eigenvalue weighted by atomic mass is 10.2. The second-order valence-electron chi connectivity index (χ2n) is 5.01. The van der Waals surface area contributed by atoms with E-state index in [1.165, 1.54) is 11.3 Å². The third kappa shape index (κ3) is 3.54. The van der Waals surface area contributed by atoms with Crippen LogP contribution in [0.25, 0.3) is 11.0 Å². The SMILES string of the molecule is Cc1[nH]nc2ncc(NC(=O)CCNC(=O)c3ccsc3)cc12. The Kier molecular flexibility index (Phi) is 4.33. The summed E-state index contributed by atoms with van der Waals surface area (Å²) in [6.07, 6.45) is 1.75. The summed E-state index contributed by atoms with van der Waals surface area (Å²) in [5.74, 6) is -0.353. The van der Waals surface area contributed by atoms with Crippen molar-refractivity contribution in [3.63, 3.8) is 0 Å². The largest absolute Gasteiger partial charge is 0.351 e. The zero-order valence-corrected chi connectivity index (χ0v) is 13.2. The highest BCUT2D eigenvalue weighted by Crippen LogP contribution is 2.17. The molecular formula is C15H15N5O2S. The summed E-state index contributed by atoms with van der Waals surface area (Å²) >= 11 is 1.46. The van der Waals surface area contributed by atoms with Crippen LogP contribution in [0.4, 0.5) is 5.69 Å². The van der Waals surface area contributed by atoms with Gasteiger partial charge in [-0.3, -0.25) is 14.7 Å². The van der Waals surface area contributed by atoms with Crippen LogP contribution in [0.2, 0.25) is 0 Å². The Hall–Kier alpha value is -2.74. The van der Waals surface area contributed by atoms with Gasteiger partial charge in [0.05, 0.1) is 11.9 Å². The van der Waals surface area contributed by atoms with Crippen molar-refractivity contribution in [3.8, 4) is 0 Å². The van der Waals surface area contributed by atoms with Gasteiger partial charge in [0, 0.05) is 35.0 Å². The molecule has 0 aromatic carbocycles. The number of aromatic amines is 1. The highest BCUT2D eigenvalue weighted by atomic mass is 32.1. The number of aryl methyl sites for hydroxylation is 1. The summed E-state index contributed by atoms with van der Waals surface area (Å²) in [5.41, 5.74) is 2.73. The van der Waals surface area contributed by atoms with Crippen LogP contribution in [0, 0.1) is 6.92 Å². The number of carbonyl (C=O) groups excluding carboxylic acids is 2. The molecule has 0 unspecified atom stereocenters. The molecule has 0 fully saturated rings. The number of aromatic nitrogens is 3. The van der Waals surface area contributed by atoms with E-state index < -0.39 is 0 Å². The van der Waals surface area contributed by atoms with Gasteiger partial charge in [-0.1, -0.05) is 0 Å². The molecule has 3 N–H and O–H groups in total. The molecule has 0 atom stereocenters. The molecule has 0 radical (unpaired) electrons. The highest BCUT2D eigenvalue weighted by Gasteiger charge is 2.09. The minimum Gasteiger partial charge on any atom is -0.351 e. The standard InChI is InChI=1S/C15H15N5O2S/c1-9-12-6-11(7-17-14(12)20-19-9)18-13(21)2-4-16-15(22)10-3-5-23-8-10/h3,5-8H,2,4H2,1H3,(H,16,22)(H,18,21)(H,17,19,20). The normalized spacial score (nSPS) is 10.7. The monoisotopic (exact) mass is 329 g/mol. The molecule has 0 bridgehead atoms. The van der Waals surface area contributed by atoms with Crippen LogP contribution >= 0.6 is 11.3 Å². The summed E-state index contributed by atoms with van der Waals surface area (Å²) in [4.78, 5) is 27.8. The number of H-pyrrole nitrogens is 1. The van der Waals surface area contributed by atoms with Crippen molar-refractivity contribution in [2.45, 2.75) is 13.3 Å². The first-order valence-electron chi connectivity index (χ1n) is 7.04. The molecule has 0 saturated carbocycles. The molecule has 3 rings (SSSR count). The first-order chi connectivity index (χ1) is 11.1. The van der Waals surface area contributed by atoms with Crippen LogP contribution in [0.5, 0.6) is 0 Å². The van der Waals surface area contributed by atoms with E-state index in [4.69, 9.17) is 0 Å². The Morgan fingerprint density at radius 2 is 2.26 bits per heavy atom. The van der Waals surface area contributed by atoms with Crippen molar-refractivity contribution in [2.75, 3.05) is 11.9 Å². The zero-order chi connectivity index (χ0) is 16.2. The van der Waals surface area contributed by atoms with Gasteiger partial charge < -0.3 is 10.6 Å². The quantitative estimate of drug-likeness (QED) is 0.667. The predicted molar refractivity (Wildman–Crippen MR) is 88.5 cm³/mol. The summed E-state index contributed by atoms with van der Waals surface area (Å²) in [7, 11) is 0. The molecule has 0 aliphatic heterocycles. The van der Waals surface area contributed by atoms with Crippen molar-refractivity contribution in [1.82, 2.24) is 20.5 Å². The maximum atomic E-state index is 11.9. The van der Waals surface area contributed by atoms with Gasteiger partial charge in [0.2, 0.25) is 5.91 Å². The molecule has 3 aromatic rings. The first-order valence-corrected chi connectivity index (χ1v) is 7.99. The molecule has 7 nitrogen and oxygen atoms in total. The number of amides is 2. The van der Waals surface area contributed by atoms with Gasteiger partial charge in [-0.15, -0.1) is 0 Å². The number of nitrogens with zero attached hydrogens (tertiary/aromatic N) is 2. The van der Waals surface area contributed by atoms with E-state index in [2.05, 4.69) is 25.8 Å². The molecule has 0 saturated heterocycles. The maximum Gasteiger partial charge on any atom is 0.252 e. The number of rotatable bonds is 5. The average Bonchev–Trinajstić information content (AvgIpc) is 3.18. The van der Waals surface area contributed by atoms with Crippen LogP contribution in [0.15, 0.2) is 29.1 Å². The van der Waals surface area contributed by atoms with E-state index >= 15 is 0 Å². The molecule has 0 aliphatic rings. The van der Waals surface area contributed by atoms with E-state index in [1.54, 1.807) is 17.6 Å². The Balaban J connectivity index is 1.52. The summed E-state index contributed by atoms with van der Waals surface area (Å²) in [6, 6.07) is 3.57. The van der Waals surface area contributed by atoms with Gasteiger partial charge in [0.25, 0.3) is 5.91 Å². The molecule has 0 aliphatic carbocycles. The Labute approximate surface area is 136 Å². The van der Waals surface area contributed by atoms with Gasteiger partial charge >= 0.3 is 0 Å². The summed E-state index contributed by atoms with van der Waals surface area (Å²) in [5, 5.41) is 16.8. The van der Waals surface area contributed by atoms with Crippen LogP contribution < -0.4 is 10.6 Å². The molecule has 118 valence electrons. The third-order valence-electron chi connectivity index (χ3n) is 3.30. The fraction of sp³-hybridized carbons (Fsp3) is 0.200. The van der Waals surface area contributed by atoms with E-state index in [0.29, 0.717) is 16.9 Å². The van der Waals surface area contributed by atoms with Crippen molar-refractivity contribution >= 4 is 39.9 Å². The number of anilines is 1. The molecular weight excluding hydrogens is 314 g/mol. The lowest BCUT2D eigenvalue weighted by molar-refractivity contribution is -0.116. The Morgan fingerprint density at radius 3 is 3.04 bits per heavy atom. The van der Waals surface area contributed by atoms with Crippen LogP contribution in [0.3, 0.4) is 0 Å². The maximum absolute atomic E-state index is 11.9. The predicted octanol–water partition coefficient (Wildman–Crippen LogP) is 2.09. The van der Waals surface area contributed by atoms with Gasteiger partial charge in [-0.05, 0) is 24.4 Å². The van der Waals surface area contributed by atoms with Crippen LogP contribution in [-0.2, 0) is 4.79 Å². The number of fused-ring (bicyclic) bond motifs is 1. The van der Waals surface area contributed by atoms with E-state index in [1.807, 2.05) is 18.4 Å². The van der Waals surface area contributed by atoms with Gasteiger partial charge in [-0.25, -0.2) is 4.98 Å². The lowest BCUT2D eigenvalue weighted by Gasteiger charge is -2.06. The molecule has 0 spiro atoms. The highest BCUT2D eigenvalue weighted by molar-refractivity contribution is 7.08. The molecule has 3 heterocycles. The number of hydrogen-bond acceptors (Lipinski definition) is 5. The van der Waals surface area contributed by atoms with Crippen molar-refractivity contribution in [1.29, 1.82) is 0 Å². The van der Waals surface area contributed by atoms with Crippen molar-refractivity contribution in [2.24, 2.45) is 0 Å². The molecule has 2 amide bonds. The number of pyridine rings is 1. The Morgan fingerprint density at radius 1 is 1.39 bits per heavy atom. The van der Waals surface area contributed by atoms with Crippen LogP contribution in [-0.4, -0.2) is 33.5 Å². The number of carbonyl (C=O) groups is 2.